The summed E-state index contributed by atoms with van der Waals surface area (Å²) in [6, 6.07) is 11.6. The van der Waals surface area contributed by atoms with Crippen molar-refractivity contribution < 1.29 is 27.1 Å². The third kappa shape index (κ3) is 5.49. The number of halogens is 3. The lowest BCUT2D eigenvalue weighted by molar-refractivity contribution is -0.137. The molecular weight excluding hydrogens is 401 g/mol. The topological polar surface area (TPSA) is 89.3 Å². The van der Waals surface area contributed by atoms with Gasteiger partial charge < -0.3 is 19.8 Å². The fraction of sp³-hybridized carbons (Fsp3) is 0.250. The smallest absolute Gasteiger partial charge is 0.416 e. The molecule has 3 rings (SSSR count). The minimum atomic E-state index is -4.40. The summed E-state index contributed by atoms with van der Waals surface area (Å²) in [5.41, 5.74) is 0.861. The molecular formula is C20H19F3N4O3. The van der Waals surface area contributed by atoms with E-state index in [2.05, 4.69) is 20.8 Å². The number of carbonyl (C=O) groups excluding carboxylic acids is 1. The normalized spacial score (nSPS) is 11.4. The van der Waals surface area contributed by atoms with Gasteiger partial charge in [0.1, 0.15) is 0 Å². The van der Waals surface area contributed by atoms with Crippen LogP contribution in [0, 0.1) is 0 Å². The zero-order valence-electron chi connectivity index (χ0n) is 16.2. The predicted octanol–water partition coefficient (Wildman–Crippen LogP) is 5.13. The molecule has 0 radical (unpaired) electrons. The Morgan fingerprint density at radius 3 is 2.47 bits per heavy atom. The lowest BCUT2D eigenvalue weighted by Crippen LogP contribution is -2.26. The number of rotatable bonds is 6. The number of alkyl carbamates (subject to hydrolysis) is 1. The number of nitrogens with zero attached hydrogens (tertiary/aromatic N) is 2. The third-order valence-electron chi connectivity index (χ3n) is 3.84. The molecule has 0 spiro atoms. The van der Waals surface area contributed by atoms with Crippen LogP contribution in [0.4, 0.5) is 29.3 Å². The van der Waals surface area contributed by atoms with Crippen molar-refractivity contribution in [1.29, 1.82) is 0 Å². The molecule has 0 bridgehead atoms. The van der Waals surface area contributed by atoms with Crippen molar-refractivity contribution >= 4 is 17.5 Å². The van der Waals surface area contributed by atoms with Crippen molar-refractivity contribution in [2.75, 3.05) is 5.32 Å². The highest BCUT2D eigenvalue weighted by Crippen LogP contribution is 2.32. The van der Waals surface area contributed by atoms with Gasteiger partial charge in [-0.3, -0.25) is 0 Å². The maximum atomic E-state index is 12.7. The fourth-order valence-corrected chi connectivity index (χ4v) is 2.51. The number of anilines is 2. The van der Waals surface area contributed by atoms with E-state index >= 15 is 0 Å². The summed E-state index contributed by atoms with van der Waals surface area (Å²) in [6.45, 7) is 3.45. The molecule has 1 amide bonds. The van der Waals surface area contributed by atoms with Gasteiger partial charge in [0.25, 0.3) is 0 Å². The van der Waals surface area contributed by atoms with Gasteiger partial charge in [-0.15, -0.1) is 10.2 Å². The van der Waals surface area contributed by atoms with Crippen molar-refractivity contribution in [3.05, 3.63) is 60.0 Å². The van der Waals surface area contributed by atoms with Crippen molar-refractivity contribution in [1.82, 2.24) is 15.5 Å². The molecule has 3 aromatic rings. The first kappa shape index (κ1) is 21.2. The molecule has 0 saturated carbocycles. The number of nitrogens with one attached hydrogen (secondary N) is 2. The molecule has 0 aliphatic heterocycles. The van der Waals surface area contributed by atoms with E-state index in [1.54, 1.807) is 38.1 Å². The summed E-state index contributed by atoms with van der Waals surface area (Å²) >= 11 is 0. The van der Waals surface area contributed by atoms with Crippen molar-refractivity contribution in [2.45, 2.75) is 32.7 Å². The first-order valence-electron chi connectivity index (χ1n) is 9.03. The summed E-state index contributed by atoms with van der Waals surface area (Å²) in [5.74, 6) is 0.370. The van der Waals surface area contributed by atoms with E-state index in [-0.39, 0.29) is 24.4 Å². The first-order valence-corrected chi connectivity index (χ1v) is 9.03. The molecule has 0 atom stereocenters. The van der Waals surface area contributed by atoms with E-state index < -0.39 is 17.8 Å². The highest BCUT2D eigenvalue weighted by Gasteiger charge is 2.30. The summed E-state index contributed by atoms with van der Waals surface area (Å²) < 4.78 is 48.7. The number of alkyl halides is 3. The molecule has 1 heterocycles. The van der Waals surface area contributed by atoms with E-state index in [9.17, 15) is 18.0 Å². The molecule has 10 heteroatoms. The van der Waals surface area contributed by atoms with E-state index in [0.717, 1.165) is 12.1 Å². The SMILES string of the molecule is CC(C)OC(=O)NCc1nnc(-c2ccccc2Nc2ccc(C(F)(F)F)cc2)o1. The molecule has 158 valence electrons. The molecule has 0 aliphatic carbocycles. The second kappa shape index (κ2) is 8.85. The van der Waals surface area contributed by atoms with Crippen LogP contribution >= 0.6 is 0 Å². The van der Waals surface area contributed by atoms with Crippen LogP contribution in [0.3, 0.4) is 0 Å². The molecule has 0 unspecified atom stereocenters. The summed E-state index contributed by atoms with van der Waals surface area (Å²) in [5, 5.41) is 13.4. The van der Waals surface area contributed by atoms with Gasteiger partial charge in [-0.25, -0.2) is 4.79 Å². The van der Waals surface area contributed by atoms with Crippen LogP contribution in [-0.4, -0.2) is 22.4 Å². The Hall–Kier alpha value is -3.56. The second-order valence-electron chi connectivity index (χ2n) is 6.55. The molecule has 2 aromatic carbocycles. The maximum Gasteiger partial charge on any atom is 0.416 e. The maximum absolute atomic E-state index is 12.7. The Bertz CT molecular complexity index is 1000. The number of aromatic nitrogens is 2. The van der Waals surface area contributed by atoms with Crippen LogP contribution in [0.2, 0.25) is 0 Å². The number of ether oxygens (including phenoxy) is 1. The standard InChI is InChI=1S/C20H19F3N4O3/c1-12(2)29-19(28)24-11-17-26-27-18(30-17)15-5-3-4-6-16(15)25-14-9-7-13(8-10-14)20(21,22)23/h3-10,12,25H,11H2,1-2H3,(H,24,28). The van der Waals surface area contributed by atoms with Crippen LogP contribution in [0.25, 0.3) is 11.5 Å². The van der Waals surface area contributed by atoms with Crippen molar-refractivity contribution in [3.63, 3.8) is 0 Å². The lowest BCUT2D eigenvalue weighted by atomic mass is 10.1. The molecule has 2 N–H and O–H groups in total. The number of carbonyl (C=O) groups is 1. The largest absolute Gasteiger partial charge is 0.447 e. The van der Waals surface area contributed by atoms with Gasteiger partial charge in [0.05, 0.1) is 29.5 Å². The summed E-state index contributed by atoms with van der Waals surface area (Å²) in [4.78, 5) is 11.5. The van der Waals surface area contributed by atoms with Crippen LogP contribution in [0.15, 0.2) is 52.9 Å². The lowest BCUT2D eigenvalue weighted by Gasteiger charge is -2.11. The monoisotopic (exact) mass is 420 g/mol. The van der Waals surface area contributed by atoms with Gasteiger partial charge in [-0.1, -0.05) is 12.1 Å². The van der Waals surface area contributed by atoms with E-state index in [0.29, 0.717) is 16.9 Å². The molecule has 1 aromatic heterocycles. The van der Waals surface area contributed by atoms with Gasteiger partial charge in [-0.2, -0.15) is 13.2 Å². The first-order chi connectivity index (χ1) is 14.2. The number of para-hydroxylation sites is 1. The molecule has 7 nitrogen and oxygen atoms in total. The zero-order valence-corrected chi connectivity index (χ0v) is 16.2. The molecule has 0 fully saturated rings. The zero-order chi connectivity index (χ0) is 21.7. The highest BCUT2D eigenvalue weighted by atomic mass is 19.4. The second-order valence-corrected chi connectivity index (χ2v) is 6.55. The number of amides is 1. The van der Waals surface area contributed by atoms with Gasteiger partial charge in [0.2, 0.25) is 11.8 Å². The van der Waals surface area contributed by atoms with E-state index in [4.69, 9.17) is 9.15 Å². The Balaban J connectivity index is 1.73. The van der Waals surface area contributed by atoms with Crippen molar-refractivity contribution in [3.8, 4) is 11.5 Å². The Morgan fingerprint density at radius 2 is 1.80 bits per heavy atom. The quantitative estimate of drug-likeness (QED) is 0.574. The Kier molecular flexibility index (Phi) is 6.24. The number of hydrogen-bond acceptors (Lipinski definition) is 6. The minimum absolute atomic E-state index is 0.00689. The van der Waals surface area contributed by atoms with Crippen LogP contribution in [-0.2, 0) is 17.5 Å². The van der Waals surface area contributed by atoms with Crippen LogP contribution in [0.5, 0.6) is 0 Å². The van der Waals surface area contributed by atoms with Crippen LogP contribution < -0.4 is 10.6 Å². The Labute approximate surface area is 170 Å². The molecule has 0 aliphatic rings. The summed E-state index contributed by atoms with van der Waals surface area (Å²) in [6.07, 6.45) is -5.26. The number of benzene rings is 2. The van der Waals surface area contributed by atoms with Gasteiger partial charge >= 0.3 is 12.3 Å². The third-order valence-corrected chi connectivity index (χ3v) is 3.84. The van der Waals surface area contributed by atoms with Gasteiger partial charge in [0, 0.05) is 5.69 Å². The summed E-state index contributed by atoms with van der Waals surface area (Å²) in [7, 11) is 0. The fourth-order valence-electron chi connectivity index (χ4n) is 2.51. The van der Waals surface area contributed by atoms with Gasteiger partial charge in [0.15, 0.2) is 0 Å². The van der Waals surface area contributed by atoms with Gasteiger partial charge in [-0.05, 0) is 50.2 Å². The molecule has 0 saturated heterocycles. The number of hydrogen-bond donors (Lipinski definition) is 2. The minimum Gasteiger partial charge on any atom is -0.447 e. The predicted molar refractivity (Wildman–Crippen MR) is 103 cm³/mol. The molecule has 30 heavy (non-hydrogen) atoms. The van der Waals surface area contributed by atoms with Crippen LogP contribution in [0.1, 0.15) is 25.3 Å². The van der Waals surface area contributed by atoms with E-state index in [1.807, 2.05) is 0 Å². The Morgan fingerprint density at radius 1 is 1.10 bits per heavy atom. The van der Waals surface area contributed by atoms with Crippen molar-refractivity contribution in [2.24, 2.45) is 0 Å². The average Bonchev–Trinajstić information content (AvgIpc) is 3.15. The van der Waals surface area contributed by atoms with E-state index in [1.165, 1.54) is 12.1 Å². The average molecular weight is 420 g/mol. The highest BCUT2D eigenvalue weighted by molar-refractivity contribution is 5.76.